The summed E-state index contributed by atoms with van der Waals surface area (Å²) in [4.78, 5) is 35.9. The molecule has 6 nitrogen and oxygen atoms in total. The Kier molecular flexibility index (Phi) is 7.70. The molecule has 0 aliphatic carbocycles. The molecule has 2 rings (SSSR count). The number of nitrogens with one attached hydrogen (secondary N) is 2. The number of benzene rings is 2. The van der Waals surface area contributed by atoms with Gasteiger partial charge in [-0.25, -0.2) is 4.79 Å². The van der Waals surface area contributed by atoms with Crippen LogP contribution in [0.15, 0.2) is 59.5 Å². The average molecular weight is 372 g/mol. The number of hydrogen-bond acceptors (Lipinski definition) is 5. The summed E-state index contributed by atoms with van der Waals surface area (Å²) in [5.74, 6) is -0.484. The molecule has 2 aromatic carbocycles. The van der Waals surface area contributed by atoms with E-state index in [-0.39, 0.29) is 24.0 Å². The minimum atomic E-state index is -0.619. The predicted octanol–water partition coefficient (Wildman–Crippen LogP) is 2.71. The summed E-state index contributed by atoms with van der Waals surface area (Å²) in [6.07, 6.45) is 0. The van der Waals surface area contributed by atoms with Gasteiger partial charge in [-0.1, -0.05) is 24.3 Å². The van der Waals surface area contributed by atoms with E-state index < -0.39 is 5.97 Å². The highest BCUT2D eigenvalue weighted by Gasteiger charge is 2.11. The molecule has 0 bridgehead atoms. The van der Waals surface area contributed by atoms with Crippen molar-refractivity contribution in [3.8, 4) is 0 Å². The van der Waals surface area contributed by atoms with Gasteiger partial charge in [0.15, 0.2) is 6.61 Å². The number of ether oxygens (including phenoxy) is 1. The zero-order valence-corrected chi connectivity index (χ0v) is 15.2. The Labute approximate surface area is 156 Å². The van der Waals surface area contributed by atoms with E-state index in [0.717, 1.165) is 10.6 Å². The summed E-state index contributed by atoms with van der Waals surface area (Å²) in [6, 6.07) is 16.2. The molecule has 26 heavy (non-hydrogen) atoms. The number of anilines is 1. The van der Waals surface area contributed by atoms with Gasteiger partial charge in [-0.05, 0) is 30.3 Å². The standard InChI is InChI=1S/C19H20N2O4S/c1-14(22)21-16-7-5-6-15(12-16)19(24)25-13-18(23)20-10-11-26-17-8-3-2-4-9-17/h2-9,12H,10-11,13H2,1H3,(H,20,23)(H,21,22). The Balaban J connectivity index is 1.69. The molecule has 2 aromatic rings. The monoisotopic (exact) mass is 372 g/mol. The highest BCUT2D eigenvalue weighted by atomic mass is 32.2. The lowest BCUT2D eigenvalue weighted by atomic mass is 10.2. The van der Waals surface area contributed by atoms with Crippen molar-refractivity contribution in [1.29, 1.82) is 0 Å². The van der Waals surface area contributed by atoms with E-state index in [1.165, 1.54) is 13.0 Å². The van der Waals surface area contributed by atoms with Crippen molar-refractivity contribution in [2.24, 2.45) is 0 Å². The van der Waals surface area contributed by atoms with Crippen LogP contribution < -0.4 is 10.6 Å². The van der Waals surface area contributed by atoms with Gasteiger partial charge in [0, 0.05) is 29.8 Å². The van der Waals surface area contributed by atoms with E-state index in [9.17, 15) is 14.4 Å². The number of hydrogen-bond donors (Lipinski definition) is 2. The van der Waals surface area contributed by atoms with Gasteiger partial charge in [-0.3, -0.25) is 9.59 Å². The van der Waals surface area contributed by atoms with Crippen molar-refractivity contribution in [2.45, 2.75) is 11.8 Å². The SMILES string of the molecule is CC(=O)Nc1cccc(C(=O)OCC(=O)NCCSc2ccccc2)c1. The smallest absolute Gasteiger partial charge is 0.338 e. The quantitative estimate of drug-likeness (QED) is 0.423. The van der Waals surface area contributed by atoms with Gasteiger partial charge in [-0.2, -0.15) is 0 Å². The van der Waals surface area contributed by atoms with Crippen LogP contribution in [0.4, 0.5) is 5.69 Å². The van der Waals surface area contributed by atoms with Gasteiger partial charge in [0.05, 0.1) is 5.56 Å². The van der Waals surface area contributed by atoms with Gasteiger partial charge in [0.1, 0.15) is 0 Å². The summed E-state index contributed by atoms with van der Waals surface area (Å²) in [5, 5.41) is 5.29. The Morgan fingerprint density at radius 1 is 1.04 bits per heavy atom. The van der Waals surface area contributed by atoms with Gasteiger partial charge >= 0.3 is 5.97 Å². The fraction of sp³-hybridized carbons (Fsp3) is 0.211. The fourth-order valence-corrected chi connectivity index (χ4v) is 2.86. The highest BCUT2D eigenvalue weighted by molar-refractivity contribution is 7.99. The molecular formula is C19H20N2O4S. The van der Waals surface area contributed by atoms with E-state index in [4.69, 9.17) is 4.74 Å². The largest absolute Gasteiger partial charge is 0.452 e. The van der Waals surface area contributed by atoms with E-state index >= 15 is 0 Å². The molecule has 0 radical (unpaired) electrons. The zero-order chi connectivity index (χ0) is 18.8. The van der Waals surface area contributed by atoms with Crippen LogP contribution in [0, 0.1) is 0 Å². The summed E-state index contributed by atoms with van der Waals surface area (Å²) in [7, 11) is 0. The van der Waals surface area contributed by atoms with Crippen LogP contribution in [-0.4, -0.2) is 36.7 Å². The van der Waals surface area contributed by atoms with E-state index in [2.05, 4.69) is 10.6 Å². The molecule has 0 saturated carbocycles. The topological polar surface area (TPSA) is 84.5 Å². The second-order valence-electron chi connectivity index (χ2n) is 5.35. The summed E-state index contributed by atoms with van der Waals surface area (Å²) in [5.41, 5.74) is 0.762. The first-order chi connectivity index (χ1) is 12.5. The molecule has 7 heteroatoms. The van der Waals surface area contributed by atoms with Crippen LogP contribution in [0.3, 0.4) is 0 Å². The van der Waals surface area contributed by atoms with Crippen LogP contribution in [0.1, 0.15) is 17.3 Å². The Morgan fingerprint density at radius 2 is 1.81 bits per heavy atom. The van der Waals surface area contributed by atoms with Crippen LogP contribution in [-0.2, 0) is 14.3 Å². The van der Waals surface area contributed by atoms with Crippen molar-refractivity contribution in [3.05, 3.63) is 60.2 Å². The molecule has 0 fully saturated rings. The average Bonchev–Trinajstić information content (AvgIpc) is 2.64. The lowest BCUT2D eigenvalue weighted by molar-refractivity contribution is -0.124. The maximum atomic E-state index is 12.0. The molecule has 0 atom stereocenters. The van der Waals surface area contributed by atoms with Gasteiger partial charge in [0.25, 0.3) is 5.91 Å². The van der Waals surface area contributed by atoms with Gasteiger partial charge < -0.3 is 15.4 Å². The van der Waals surface area contributed by atoms with Crippen molar-refractivity contribution < 1.29 is 19.1 Å². The third-order valence-electron chi connectivity index (χ3n) is 3.19. The van der Waals surface area contributed by atoms with Gasteiger partial charge in [0.2, 0.25) is 5.91 Å². The molecule has 0 unspecified atom stereocenters. The highest BCUT2D eigenvalue weighted by Crippen LogP contribution is 2.15. The normalized spacial score (nSPS) is 10.0. The summed E-state index contributed by atoms with van der Waals surface area (Å²) in [6.45, 7) is 1.51. The number of rotatable bonds is 8. The minimum absolute atomic E-state index is 0.233. The Morgan fingerprint density at radius 3 is 2.54 bits per heavy atom. The lowest BCUT2D eigenvalue weighted by Crippen LogP contribution is -2.30. The second-order valence-corrected chi connectivity index (χ2v) is 6.52. The lowest BCUT2D eigenvalue weighted by Gasteiger charge is -2.08. The van der Waals surface area contributed by atoms with Crippen molar-refractivity contribution >= 4 is 35.2 Å². The molecule has 0 aliphatic rings. The molecule has 0 aliphatic heterocycles. The first-order valence-corrected chi connectivity index (χ1v) is 9.02. The molecule has 0 spiro atoms. The van der Waals surface area contributed by atoms with Gasteiger partial charge in [-0.15, -0.1) is 11.8 Å². The predicted molar refractivity (Wildman–Crippen MR) is 101 cm³/mol. The van der Waals surface area contributed by atoms with Crippen molar-refractivity contribution in [3.63, 3.8) is 0 Å². The third-order valence-corrected chi connectivity index (χ3v) is 4.20. The molecule has 0 heterocycles. The van der Waals surface area contributed by atoms with Crippen molar-refractivity contribution in [2.75, 3.05) is 24.2 Å². The van der Waals surface area contributed by atoms with E-state index in [0.29, 0.717) is 12.2 Å². The third kappa shape index (κ3) is 6.98. The molecule has 0 aromatic heterocycles. The van der Waals surface area contributed by atoms with E-state index in [1.54, 1.807) is 30.0 Å². The first-order valence-electron chi connectivity index (χ1n) is 8.04. The Bertz CT molecular complexity index is 765. The second kappa shape index (κ2) is 10.2. The van der Waals surface area contributed by atoms with Crippen LogP contribution in [0.25, 0.3) is 0 Å². The Hall–Kier alpha value is -2.80. The fourth-order valence-electron chi connectivity index (χ4n) is 2.07. The number of amides is 2. The summed E-state index contributed by atoms with van der Waals surface area (Å²) >= 11 is 1.63. The molecule has 0 saturated heterocycles. The molecule has 2 amide bonds. The minimum Gasteiger partial charge on any atom is -0.452 e. The molecular weight excluding hydrogens is 352 g/mol. The first kappa shape index (κ1) is 19.5. The van der Waals surface area contributed by atoms with Crippen LogP contribution in [0.2, 0.25) is 0 Å². The number of carbonyl (C=O) groups excluding carboxylic acids is 3. The molecule has 2 N–H and O–H groups in total. The maximum absolute atomic E-state index is 12.0. The maximum Gasteiger partial charge on any atom is 0.338 e. The summed E-state index contributed by atoms with van der Waals surface area (Å²) < 4.78 is 4.99. The van der Waals surface area contributed by atoms with Crippen LogP contribution in [0.5, 0.6) is 0 Å². The zero-order valence-electron chi connectivity index (χ0n) is 14.4. The molecule has 136 valence electrons. The number of thioether (sulfide) groups is 1. The number of carbonyl (C=O) groups is 3. The number of esters is 1. The van der Waals surface area contributed by atoms with Crippen molar-refractivity contribution in [1.82, 2.24) is 5.32 Å². The van der Waals surface area contributed by atoms with Crippen LogP contribution >= 0.6 is 11.8 Å². The van der Waals surface area contributed by atoms with E-state index in [1.807, 2.05) is 30.3 Å².